The molecule has 0 heterocycles. The number of halogens is 1. The van der Waals surface area contributed by atoms with Gasteiger partial charge in [-0.25, -0.2) is 0 Å². The van der Waals surface area contributed by atoms with Gasteiger partial charge in [-0.3, -0.25) is 0 Å². The van der Waals surface area contributed by atoms with E-state index in [4.69, 9.17) is 22.6 Å². The van der Waals surface area contributed by atoms with Crippen LogP contribution in [0.15, 0.2) is 47.7 Å². The molecule has 2 nitrogen and oxygen atoms in total. The Balaban J connectivity index is 2.68. The summed E-state index contributed by atoms with van der Waals surface area (Å²) < 4.78 is 0. The monoisotopic (exact) mass is 232 g/mol. The lowest BCUT2D eigenvalue weighted by Crippen LogP contribution is -2.00. The van der Waals surface area contributed by atoms with E-state index in [9.17, 15) is 0 Å². The molecule has 0 saturated heterocycles. The maximum absolute atomic E-state index is 8.56. The standard InChI is InChI=1S/C13H13ClN2/c1-10(9-15)2-7-13(16)8-11-3-5-12(14)6-4-11/h2-7H,8,16H2,1H3/b10-2+,13-7-. The molecule has 0 aromatic heterocycles. The molecule has 0 amide bonds. The molecule has 2 N–H and O–H groups in total. The Kier molecular flexibility index (Phi) is 4.63. The third-order valence-electron chi connectivity index (χ3n) is 2.05. The van der Waals surface area contributed by atoms with Crippen LogP contribution >= 0.6 is 11.6 Å². The molecule has 1 rings (SSSR count). The van der Waals surface area contributed by atoms with Crippen molar-refractivity contribution in [3.8, 4) is 6.07 Å². The summed E-state index contributed by atoms with van der Waals surface area (Å²) in [5, 5.41) is 9.28. The van der Waals surface area contributed by atoms with E-state index >= 15 is 0 Å². The number of allylic oxidation sites excluding steroid dienone is 4. The predicted molar refractivity (Wildman–Crippen MR) is 66.8 cm³/mol. The third kappa shape index (κ3) is 4.20. The van der Waals surface area contributed by atoms with Crippen molar-refractivity contribution < 1.29 is 0 Å². The summed E-state index contributed by atoms with van der Waals surface area (Å²) in [6.07, 6.45) is 4.13. The molecule has 0 atom stereocenters. The summed E-state index contributed by atoms with van der Waals surface area (Å²) in [5.74, 6) is 0. The quantitative estimate of drug-likeness (QED) is 0.643. The van der Waals surface area contributed by atoms with Crippen molar-refractivity contribution in [1.82, 2.24) is 0 Å². The van der Waals surface area contributed by atoms with Gasteiger partial charge in [0.2, 0.25) is 0 Å². The second-order valence-corrected chi connectivity index (χ2v) is 3.94. The minimum Gasteiger partial charge on any atom is -0.402 e. The van der Waals surface area contributed by atoms with E-state index in [-0.39, 0.29) is 0 Å². The van der Waals surface area contributed by atoms with Gasteiger partial charge in [0.25, 0.3) is 0 Å². The van der Waals surface area contributed by atoms with Crippen molar-refractivity contribution in [3.05, 3.63) is 58.3 Å². The fourth-order valence-electron chi connectivity index (χ4n) is 1.17. The summed E-state index contributed by atoms with van der Waals surface area (Å²) in [6.45, 7) is 1.74. The van der Waals surface area contributed by atoms with Gasteiger partial charge in [-0.15, -0.1) is 0 Å². The Bertz CT molecular complexity index is 450. The Morgan fingerprint density at radius 3 is 2.56 bits per heavy atom. The number of rotatable bonds is 3. The largest absolute Gasteiger partial charge is 0.402 e. The average molecular weight is 233 g/mol. The molecule has 0 radical (unpaired) electrons. The highest BCUT2D eigenvalue weighted by Gasteiger charge is 1.95. The van der Waals surface area contributed by atoms with E-state index in [0.29, 0.717) is 17.0 Å². The van der Waals surface area contributed by atoms with Gasteiger partial charge in [-0.1, -0.05) is 23.7 Å². The number of nitrogens with zero attached hydrogens (tertiary/aromatic N) is 1. The molecule has 0 aliphatic carbocycles. The Hall–Kier alpha value is -1.72. The normalized spacial score (nSPS) is 12.3. The maximum Gasteiger partial charge on any atom is 0.0944 e. The molecule has 0 bridgehead atoms. The summed E-state index contributed by atoms with van der Waals surface area (Å²) >= 11 is 5.78. The van der Waals surface area contributed by atoms with Gasteiger partial charge in [-0.05, 0) is 36.8 Å². The first kappa shape index (κ1) is 12.4. The van der Waals surface area contributed by atoms with E-state index in [0.717, 1.165) is 11.3 Å². The van der Waals surface area contributed by atoms with Crippen LogP contribution in [0.3, 0.4) is 0 Å². The molecule has 1 aromatic carbocycles. The van der Waals surface area contributed by atoms with Gasteiger partial charge in [-0.2, -0.15) is 5.26 Å². The first-order chi connectivity index (χ1) is 7.61. The number of nitriles is 1. The topological polar surface area (TPSA) is 49.8 Å². The summed E-state index contributed by atoms with van der Waals surface area (Å²) in [5.41, 5.74) is 8.28. The fraction of sp³-hybridized carbons (Fsp3) is 0.154. The molecule has 16 heavy (non-hydrogen) atoms. The molecule has 1 aromatic rings. The molecule has 0 aliphatic heterocycles. The molecule has 0 unspecified atom stereocenters. The number of nitrogens with two attached hydrogens (primary N) is 1. The molecule has 3 heteroatoms. The van der Waals surface area contributed by atoms with E-state index in [1.807, 2.05) is 30.3 Å². The lowest BCUT2D eigenvalue weighted by atomic mass is 10.1. The highest BCUT2D eigenvalue weighted by molar-refractivity contribution is 6.30. The smallest absolute Gasteiger partial charge is 0.0944 e. The lowest BCUT2D eigenvalue weighted by molar-refractivity contribution is 1.11. The molecule has 0 fully saturated rings. The van der Waals surface area contributed by atoms with Gasteiger partial charge in [0.1, 0.15) is 0 Å². The highest BCUT2D eigenvalue weighted by atomic mass is 35.5. The minimum atomic E-state index is 0.638. The van der Waals surface area contributed by atoms with E-state index in [1.165, 1.54) is 0 Å². The SMILES string of the molecule is C/C(C#N)=C\C=C(/N)Cc1ccc(Cl)cc1. The van der Waals surface area contributed by atoms with Crippen LogP contribution in [-0.2, 0) is 6.42 Å². The summed E-state index contributed by atoms with van der Waals surface area (Å²) in [6, 6.07) is 9.57. The molecule has 0 aliphatic rings. The molecule has 82 valence electrons. The zero-order chi connectivity index (χ0) is 12.0. The van der Waals surface area contributed by atoms with Crippen LogP contribution in [0, 0.1) is 11.3 Å². The van der Waals surface area contributed by atoms with E-state index in [1.54, 1.807) is 19.1 Å². The maximum atomic E-state index is 8.56. The van der Waals surface area contributed by atoms with Gasteiger partial charge in [0, 0.05) is 22.7 Å². The number of hydrogen-bond acceptors (Lipinski definition) is 2. The van der Waals surface area contributed by atoms with Crippen LogP contribution in [0.2, 0.25) is 5.02 Å². The molecular formula is C13H13ClN2. The van der Waals surface area contributed by atoms with Crippen LogP contribution in [0.1, 0.15) is 12.5 Å². The first-order valence-corrected chi connectivity index (χ1v) is 5.27. The van der Waals surface area contributed by atoms with Crippen molar-refractivity contribution in [2.45, 2.75) is 13.3 Å². The van der Waals surface area contributed by atoms with E-state index < -0.39 is 0 Å². The summed E-state index contributed by atoms with van der Waals surface area (Å²) in [4.78, 5) is 0. The van der Waals surface area contributed by atoms with Gasteiger partial charge in [0.05, 0.1) is 6.07 Å². The van der Waals surface area contributed by atoms with Crippen molar-refractivity contribution in [1.29, 1.82) is 5.26 Å². The third-order valence-corrected chi connectivity index (χ3v) is 2.30. The van der Waals surface area contributed by atoms with Crippen molar-refractivity contribution in [2.24, 2.45) is 5.73 Å². The van der Waals surface area contributed by atoms with Gasteiger partial charge >= 0.3 is 0 Å². The lowest BCUT2D eigenvalue weighted by Gasteiger charge is -2.01. The second-order valence-electron chi connectivity index (χ2n) is 3.51. The van der Waals surface area contributed by atoms with Crippen molar-refractivity contribution >= 4 is 11.6 Å². The Morgan fingerprint density at radius 1 is 1.38 bits per heavy atom. The molecule has 0 saturated carbocycles. The van der Waals surface area contributed by atoms with Gasteiger partial charge in [0.15, 0.2) is 0 Å². The van der Waals surface area contributed by atoms with Gasteiger partial charge < -0.3 is 5.73 Å². The summed E-state index contributed by atoms with van der Waals surface area (Å²) in [7, 11) is 0. The molecular weight excluding hydrogens is 220 g/mol. The van der Waals surface area contributed by atoms with Crippen LogP contribution < -0.4 is 5.73 Å². The number of hydrogen-bond donors (Lipinski definition) is 1. The fourth-order valence-corrected chi connectivity index (χ4v) is 1.29. The minimum absolute atomic E-state index is 0.638. The Morgan fingerprint density at radius 2 is 2.00 bits per heavy atom. The van der Waals surface area contributed by atoms with Crippen LogP contribution in [0.25, 0.3) is 0 Å². The zero-order valence-corrected chi connectivity index (χ0v) is 9.83. The first-order valence-electron chi connectivity index (χ1n) is 4.89. The van der Waals surface area contributed by atoms with E-state index in [2.05, 4.69) is 0 Å². The highest BCUT2D eigenvalue weighted by Crippen LogP contribution is 2.11. The zero-order valence-electron chi connectivity index (χ0n) is 9.07. The van der Waals surface area contributed by atoms with Crippen molar-refractivity contribution in [3.63, 3.8) is 0 Å². The average Bonchev–Trinajstić information content (AvgIpc) is 2.29. The number of benzene rings is 1. The second kappa shape index (κ2) is 5.99. The molecule has 0 spiro atoms. The predicted octanol–water partition coefficient (Wildman–Crippen LogP) is 3.19. The Labute approximate surface area is 101 Å². The van der Waals surface area contributed by atoms with Crippen LogP contribution in [0.5, 0.6) is 0 Å². The van der Waals surface area contributed by atoms with Crippen LogP contribution in [-0.4, -0.2) is 0 Å². The van der Waals surface area contributed by atoms with Crippen molar-refractivity contribution in [2.75, 3.05) is 0 Å². The van der Waals surface area contributed by atoms with Crippen LogP contribution in [0.4, 0.5) is 0 Å².